The molecule has 1 aromatic rings. The predicted octanol–water partition coefficient (Wildman–Crippen LogP) is 2.98. The van der Waals surface area contributed by atoms with Gasteiger partial charge in [0.05, 0.1) is 15.9 Å². The highest BCUT2D eigenvalue weighted by atomic mass is 79.9. The van der Waals surface area contributed by atoms with Crippen molar-refractivity contribution < 1.29 is 0 Å². The van der Waals surface area contributed by atoms with E-state index in [0.29, 0.717) is 0 Å². The maximum atomic E-state index is 4.45. The van der Waals surface area contributed by atoms with Crippen molar-refractivity contribution in [3.63, 3.8) is 0 Å². The molecule has 4 heteroatoms. The van der Waals surface area contributed by atoms with Crippen LogP contribution in [0.25, 0.3) is 0 Å². The molecule has 1 aromatic heterocycles. The van der Waals surface area contributed by atoms with Crippen molar-refractivity contribution in [1.29, 1.82) is 0 Å². The Morgan fingerprint density at radius 1 is 1.61 bits per heavy atom. The zero-order chi connectivity index (χ0) is 13.3. The summed E-state index contributed by atoms with van der Waals surface area (Å²) in [4.78, 5) is 0. The van der Waals surface area contributed by atoms with Crippen molar-refractivity contribution in [2.24, 2.45) is 12.5 Å². The molecule has 0 bridgehead atoms. The lowest BCUT2D eigenvalue weighted by Gasteiger charge is -2.26. The molecule has 1 N–H and O–H groups in total. The van der Waals surface area contributed by atoms with Crippen molar-refractivity contribution in [3.8, 4) is 0 Å². The number of nitrogens with zero attached hydrogens (tertiary/aromatic N) is 2. The maximum Gasteiger partial charge on any atom is 0.0738 e. The Bertz CT molecular complexity index is 448. The fourth-order valence-electron chi connectivity index (χ4n) is 2.13. The van der Waals surface area contributed by atoms with E-state index in [1.165, 1.54) is 18.5 Å². The Kier molecular flexibility index (Phi) is 3.97. The van der Waals surface area contributed by atoms with E-state index in [0.717, 1.165) is 29.2 Å². The normalized spacial score (nSPS) is 18.7. The van der Waals surface area contributed by atoms with Gasteiger partial charge >= 0.3 is 0 Å². The number of nitrogens with one attached hydrogen (secondary N) is 1. The van der Waals surface area contributed by atoms with Crippen LogP contribution in [0.2, 0.25) is 0 Å². The minimum absolute atomic E-state index is 0.0747. The van der Waals surface area contributed by atoms with Crippen LogP contribution in [-0.2, 0) is 13.5 Å². The highest BCUT2D eigenvalue weighted by Crippen LogP contribution is 2.30. The molecule has 0 amide bonds. The quantitative estimate of drug-likeness (QED) is 0.819. The average molecular weight is 312 g/mol. The number of hydrogen-bond acceptors (Lipinski definition) is 2. The van der Waals surface area contributed by atoms with E-state index in [1.54, 1.807) is 0 Å². The van der Waals surface area contributed by atoms with Gasteiger partial charge in [-0.3, -0.25) is 4.68 Å². The zero-order valence-electron chi connectivity index (χ0n) is 11.5. The molecule has 1 heterocycles. The lowest BCUT2D eigenvalue weighted by Crippen LogP contribution is -2.33. The molecule has 3 nitrogen and oxygen atoms in total. The van der Waals surface area contributed by atoms with Crippen LogP contribution < -0.4 is 5.32 Å². The topological polar surface area (TPSA) is 29.9 Å². The fourth-order valence-corrected chi connectivity index (χ4v) is 2.60. The molecule has 0 aliphatic heterocycles. The SMILES string of the molecule is C=CC(C)(CNC1CC1)Cc1c(Br)c(C)nn1C. The summed E-state index contributed by atoms with van der Waals surface area (Å²) in [6.45, 7) is 9.28. The van der Waals surface area contributed by atoms with Crippen LogP contribution in [-0.4, -0.2) is 22.4 Å². The smallest absolute Gasteiger partial charge is 0.0738 e. The summed E-state index contributed by atoms with van der Waals surface area (Å²) in [6.07, 6.45) is 5.66. The molecule has 1 aliphatic rings. The second kappa shape index (κ2) is 5.17. The van der Waals surface area contributed by atoms with Gasteiger partial charge in [-0.15, -0.1) is 6.58 Å². The molecule has 1 unspecified atom stereocenters. The molecule has 1 fully saturated rings. The van der Waals surface area contributed by atoms with E-state index < -0.39 is 0 Å². The van der Waals surface area contributed by atoms with Crippen molar-refractivity contribution >= 4 is 15.9 Å². The Balaban J connectivity index is 2.10. The van der Waals surface area contributed by atoms with E-state index in [9.17, 15) is 0 Å². The van der Waals surface area contributed by atoms with Gasteiger partial charge in [-0.2, -0.15) is 5.10 Å². The Morgan fingerprint density at radius 2 is 2.28 bits per heavy atom. The number of rotatable bonds is 6. The summed E-state index contributed by atoms with van der Waals surface area (Å²) < 4.78 is 3.10. The summed E-state index contributed by atoms with van der Waals surface area (Å²) in [6, 6.07) is 0.737. The Hall–Kier alpha value is -0.610. The fraction of sp³-hybridized carbons (Fsp3) is 0.643. The molecular formula is C14H22BrN3. The third kappa shape index (κ3) is 3.04. The third-order valence-corrected chi connectivity index (χ3v) is 4.73. The van der Waals surface area contributed by atoms with Gasteiger partial charge in [-0.25, -0.2) is 0 Å². The summed E-state index contributed by atoms with van der Waals surface area (Å²) >= 11 is 3.64. The van der Waals surface area contributed by atoms with E-state index in [4.69, 9.17) is 0 Å². The monoisotopic (exact) mass is 311 g/mol. The number of aromatic nitrogens is 2. The molecule has 0 aromatic carbocycles. The first-order chi connectivity index (χ1) is 8.45. The molecule has 1 saturated carbocycles. The maximum absolute atomic E-state index is 4.45. The highest BCUT2D eigenvalue weighted by Gasteiger charge is 2.28. The van der Waals surface area contributed by atoms with Gasteiger partial charge in [0.15, 0.2) is 0 Å². The van der Waals surface area contributed by atoms with Crippen LogP contribution in [0.4, 0.5) is 0 Å². The van der Waals surface area contributed by atoms with Gasteiger partial charge in [-0.1, -0.05) is 13.0 Å². The van der Waals surface area contributed by atoms with Crippen LogP contribution in [0.3, 0.4) is 0 Å². The first-order valence-corrected chi connectivity index (χ1v) is 7.29. The first-order valence-electron chi connectivity index (χ1n) is 6.50. The largest absolute Gasteiger partial charge is 0.313 e. The molecule has 0 spiro atoms. The predicted molar refractivity (Wildman–Crippen MR) is 78.7 cm³/mol. The van der Waals surface area contributed by atoms with Crippen LogP contribution >= 0.6 is 15.9 Å². The molecule has 1 atom stereocenters. The summed E-state index contributed by atoms with van der Waals surface area (Å²) in [5, 5.41) is 8.05. The summed E-state index contributed by atoms with van der Waals surface area (Å²) in [5.74, 6) is 0. The standard InChI is InChI=1S/C14H22BrN3/c1-5-14(3,9-16-11-6-7-11)8-12-13(15)10(2)17-18(12)4/h5,11,16H,1,6-9H2,2-4H3. The van der Waals surface area contributed by atoms with E-state index >= 15 is 0 Å². The van der Waals surface area contributed by atoms with Gasteiger partial charge in [0.1, 0.15) is 0 Å². The van der Waals surface area contributed by atoms with Gasteiger partial charge in [-0.05, 0) is 35.7 Å². The Labute approximate surface area is 118 Å². The van der Waals surface area contributed by atoms with Crippen molar-refractivity contribution in [2.45, 2.75) is 39.2 Å². The highest BCUT2D eigenvalue weighted by molar-refractivity contribution is 9.10. The first kappa shape index (κ1) is 13.8. The van der Waals surface area contributed by atoms with Crippen LogP contribution in [0.1, 0.15) is 31.2 Å². The molecule has 18 heavy (non-hydrogen) atoms. The molecular weight excluding hydrogens is 290 g/mol. The van der Waals surface area contributed by atoms with Crippen LogP contribution in [0.15, 0.2) is 17.1 Å². The summed E-state index contributed by atoms with van der Waals surface area (Å²) in [5.41, 5.74) is 2.37. The minimum Gasteiger partial charge on any atom is -0.313 e. The lowest BCUT2D eigenvalue weighted by molar-refractivity contribution is 0.379. The van der Waals surface area contributed by atoms with E-state index in [2.05, 4.69) is 45.9 Å². The summed E-state index contributed by atoms with van der Waals surface area (Å²) in [7, 11) is 2.00. The van der Waals surface area contributed by atoms with Crippen LogP contribution in [0, 0.1) is 12.3 Å². The van der Waals surface area contributed by atoms with Crippen molar-refractivity contribution in [3.05, 3.63) is 28.5 Å². The average Bonchev–Trinajstić information content (AvgIpc) is 3.13. The zero-order valence-corrected chi connectivity index (χ0v) is 13.0. The second-order valence-electron chi connectivity index (χ2n) is 5.66. The third-order valence-electron chi connectivity index (χ3n) is 3.70. The lowest BCUT2D eigenvalue weighted by atomic mass is 9.85. The van der Waals surface area contributed by atoms with Crippen molar-refractivity contribution in [2.75, 3.05) is 6.54 Å². The molecule has 1 aliphatic carbocycles. The molecule has 100 valence electrons. The van der Waals surface area contributed by atoms with Gasteiger partial charge in [0.25, 0.3) is 0 Å². The number of halogens is 1. The molecule has 0 saturated heterocycles. The number of aryl methyl sites for hydroxylation is 2. The van der Waals surface area contributed by atoms with E-state index in [-0.39, 0.29) is 5.41 Å². The van der Waals surface area contributed by atoms with E-state index in [1.807, 2.05) is 18.7 Å². The van der Waals surface area contributed by atoms with Crippen LogP contribution in [0.5, 0.6) is 0 Å². The minimum atomic E-state index is 0.0747. The van der Waals surface area contributed by atoms with Crippen molar-refractivity contribution in [1.82, 2.24) is 15.1 Å². The Morgan fingerprint density at radius 3 is 2.72 bits per heavy atom. The van der Waals surface area contributed by atoms with Gasteiger partial charge < -0.3 is 5.32 Å². The molecule has 0 radical (unpaired) electrons. The molecule has 2 rings (SSSR count). The van der Waals surface area contributed by atoms with Gasteiger partial charge in [0, 0.05) is 31.5 Å². The number of hydrogen-bond donors (Lipinski definition) is 1. The van der Waals surface area contributed by atoms with Gasteiger partial charge in [0.2, 0.25) is 0 Å². The second-order valence-corrected chi connectivity index (χ2v) is 6.45.